The number of nitrogens with zero attached hydrogens (tertiary/aromatic N) is 2. The van der Waals surface area contributed by atoms with Gasteiger partial charge in [-0.3, -0.25) is 0 Å². The van der Waals surface area contributed by atoms with Crippen LogP contribution in [-0.4, -0.2) is 21.7 Å². The van der Waals surface area contributed by atoms with Gasteiger partial charge in [0.25, 0.3) is 5.22 Å². The molecular formula is C12H13N3OS2. The maximum Gasteiger partial charge on any atom is 0.276 e. The van der Waals surface area contributed by atoms with Crippen LogP contribution >= 0.6 is 23.5 Å². The van der Waals surface area contributed by atoms with Crippen molar-refractivity contribution < 1.29 is 4.42 Å². The molecule has 2 heterocycles. The highest BCUT2D eigenvalue weighted by molar-refractivity contribution is 8.00. The first-order valence-electron chi connectivity index (χ1n) is 5.74. The molecule has 3 rings (SSSR count). The number of thioether (sulfide) groups is 2. The average molecular weight is 279 g/mol. The van der Waals surface area contributed by atoms with E-state index in [1.54, 1.807) is 11.8 Å². The van der Waals surface area contributed by atoms with Crippen LogP contribution < -0.4 is 5.73 Å². The molecule has 1 unspecified atom stereocenters. The minimum Gasteiger partial charge on any atom is -0.415 e. The second kappa shape index (κ2) is 5.34. The zero-order chi connectivity index (χ0) is 12.4. The molecule has 0 spiro atoms. The minimum absolute atomic E-state index is 0.301. The highest BCUT2D eigenvalue weighted by Crippen LogP contribution is 2.41. The van der Waals surface area contributed by atoms with Crippen molar-refractivity contribution in [3.05, 3.63) is 35.7 Å². The summed E-state index contributed by atoms with van der Waals surface area (Å²) in [4.78, 5) is 1.40. The van der Waals surface area contributed by atoms with E-state index in [9.17, 15) is 0 Å². The summed E-state index contributed by atoms with van der Waals surface area (Å²) < 4.78 is 5.39. The zero-order valence-corrected chi connectivity index (χ0v) is 11.3. The maximum atomic E-state index is 5.44. The first-order valence-corrected chi connectivity index (χ1v) is 7.71. The van der Waals surface area contributed by atoms with Gasteiger partial charge in [0.05, 0.1) is 6.54 Å². The van der Waals surface area contributed by atoms with Crippen molar-refractivity contribution in [3.8, 4) is 0 Å². The molecule has 1 aromatic carbocycles. The Morgan fingerprint density at radius 2 is 2.28 bits per heavy atom. The summed E-state index contributed by atoms with van der Waals surface area (Å²) in [5.74, 6) is 3.16. The van der Waals surface area contributed by atoms with Crippen LogP contribution in [0.2, 0.25) is 0 Å². The lowest BCUT2D eigenvalue weighted by atomic mass is 10.0. The van der Waals surface area contributed by atoms with E-state index >= 15 is 0 Å². The Morgan fingerprint density at radius 3 is 3.11 bits per heavy atom. The Hall–Kier alpha value is -0.980. The first kappa shape index (κ1) is 12.1. The average Bonchev–Trinajstić information content (AvgIpc) is 3.03. The molecule has 2 aromatic rings. The predicted molar refractivity (Wildman–Crippen MR) is 72.8 cm³/mol. The monoisotopic (exact) mass is 279 g/mol. The number of aromatic nitrogens is 2. The fourth-order valence-corrected chi connectivity index (χ4v) is 4.22. The van der Waals surface area contributed by atoms with E-state index in [4.69, 9.17) is 10.2 Å². The van der Waals surface area contributed by atoms with Gasteiger partial charge in [-0.15, -0.1) is 22.0 Å². The van der Waals surface area contributed by atoms with Gasteiger partial charge in [-0.25, -0.2) is 0 Å². The van der Waals surface area contributed by atoms with Gasteiger partial charge in [-0.1, -0.05) is 30.0 Å². The summed E-state index contributed by atoms with van der Waals surface area (Å²) in [5, 5.41) is 8.44. The standard InChI is InChI=1S/C12H13N3OS2/c13-5-11-14-15-12(16-11)18-7-8-6-17-10-4-2-1-3-9(8)10/h1-4,8H,5-7,13H2. The van der Waals surface area contributed by atoms with Gasteiger partial charge in [0.1, 0.15) is 0 Å². The Labute approximate surface area is 114 Å². The second-order valence-corrected chi connectivity index (χ2v) is 6.06. The predicted octanol–water partition coefficient (Wildman–Crippen LogP) is 2.51. The van der Waals surface area contributed by atoms with Crippen LogP contribution in [0.4, 0.5) is 0 Å². The number of hydrogen-bond donors (Lipinski definition) is 1. The van der Waals surface area contributed by atoms with Crippen molar-refractivity contribution in [2.24, 2.45) is 5.73 Å². The fraction of sp³-hybridized carbons (Fsp3) is 0.333. The largest absolute Gasteiger partial charge is 0.415 e. The summed E-state index contributed by atoms with van der Waals surface area (Å²) >= 11 is 3.53. The molecule has 18 heavy (non-hydrogen) atoms. The SMILES string of the molecule is NCc1nnc(SCC2CSc3ccccc32)o1. The lowest BCUT2D eigenvalue weighted by Crippen LogP contribution is -1.99. The molecule has 1 aliphatic heterocycles. The van der Waals surface area contributed by atoms with Gasteiger partial charge in [0, 0.05) is 22.3 Å². The maximum absolute atomic E-state index is 5.44. The molecular weight excluding hydrogens is 266 g/mol. The molecule has 1 aliphatic rings. The molecule has 0 saturated carbocycles. The van der Waals surface area contributed by atoms with E-state index in [1.807, 2.05) is 11.8 Å². The number of benzene rings is 1. The van der Waals surface area contributed by atoms with Crippen molar-refractivity contribution in [1.29, 1.82) is 0 Å². The van der Waals surface area contributed by atoms with Crippen LogP contribution in [0, 0.1) is 0 Å². The molecule has 6 heteroatoms. The molecule has 2 N–H and O–H groups in total. The van der Waals surface area contributed by atoms with E-state index in [-0.39, 0.29) is 0 Å². The number of fused-ring (bicyclic) bond motifs is 1. The Kier molecular flexibility index (Phi) is 3.58. The number of rotatable bonds is 4. The first-order chi connectivity index (χ1) is 8.86. The topological polar surface area (TPSA) is 64.9 Å². The fourth-order valence-electron chi connectivity index (χ4n) is 1.92. The minimum atomic E-state index is 0.301. The third-order valence-corrected chi connectivity index (χ3v) is 5.06. The Bertz CT molecular complexity index is 544. The van der Waals surface area contributed by atoms with Crippen molar-refractivity contribution in [3.63, 3.8) is 0 Å². The van der Waals surface area contributed by atoms with Crippen LogP contribution in [0.5, 0.6) is 0 Å². The molecule has 1 atom stereocenters. The van der Waals surface area contributed by atoms with Crippen LogP contribution in [0.1, 0.15) is 17.4 Å². The van der Waals surface area contributed by atoms with Crippen molar-refractivity contribution in [2.45, 2.75) is 22.6 Å². The van der Waals surface area contributed by atoms with E-state index in [2.05, 4.69) is 34.5 Å². The molecule has 0 aliphatic carbocycles. The van der Waals surface area contributed by atoms with Crippen LogP contribution in [-0.2, 0) is 6.54 Å². The van der Waals surface area contributed by atoms with E-state index < -0.39 is 0 Å². The third kappa shape index (κ3) is 2.41. The second-order valence-electron chi connectivity index (χ2n) is 4.02. The van der Waals surface area contributed by atoms with E-state index in [0.717, 1.165) is 11.5 Å². The van der Waals surface area contributed by atoms with Gasteiger partial charge in [-0.2, -0.15) is 0 Å². The quantitative estimate of drug-likeness (QED) is 0.868. The Balaban J connectivity index is 1.65. The van der Waals surface area contributed by atoms with E-state index in [1.165, 1.54) is 10.5 Å². The summed E-state index contributed by atoms with van der Waals surface area (Å²) in [5.41, 5.74) is 6.87. The smallest absolute Gasteiger partial charge is 0.276 e. The summed E-state index contributed by atoms with van der Waals surface area (Å²) in [6, 6.07) is 8.58. The van der Waals surface area contributed by atoms with Crippen molar-refractivity contribution in [2.75, 3.05) is 11.5 Å². The summed E-state index contributed by atoms with van der Waals surface area (Å²) in [6.07, 6.45) is 0. The molecule has 0 bridgehead atoms. The zero-order valence-electron chi connectivity index (χ0n) is 9.70. The molecule has 0 fully saturated rings. The van der Waals surface area contributed by atoms with Crippen LogP contribution in [0.3, 0.4) is 0 Å². The van der Waals surface area contributed by atoms with Crippen LogP contribution in [0.25, 0.3) is 0 Å². The van der Waals surface area contributed by atoms with Crippen molar-refractivity contribution >= 4 is 23.5 Å². The van der Waals surface area contributed by atoms with E-state index in [0.29, 0.717) is 23.6 Å². The highest BCUT2D eigenvalue weighted by Gasteiger charge is 2.23. The van der Waals surface area contributed by atoms with Crippen molar-refractivity contribution in [1.82, 2.24) is 10.2 Å². The molecule has 0 amide bonds. The Morgan fingerprint density at radius 1 is 1.39 bits per heavy atom. The van der Waals surface area contributed by atoms with Gasteiger partial charge in [-0.05, 0) is 11.6 Å². The summed E-state index contributed by atoms with van der Waals surface area (Å²) in [7, 11) is 0. The molecule has 4 nitrogen and oxygen atoms in total. The van der Waals surface area contributed by atoms with Crippen LogP contribution in [0.15, 0.2) is 38.8 Å². The normalized spacial score (nSPS) is 17.9. The van der Waals surface area contributed by atoms with Gasteiger partial charge in [0.15, 0.2) is 0 Å². The molecule has 1 aromatic heterocycles. The van der Waals surface area contributed by atoms with Gasteiger partial charge >= 0.3 is 0 Å². The lowest BCUT2D eigenvalue weighted by molar-refractivity contribution is 0.414. The molecule has 0 radical (unpaired) electrons. The highest BCUT2D eigenvalue weighted by atomic mass is 32.2. The number of hydrogen-bond acceptors (Lipinski definition) is 6. The lowest BCUT2D eigenvalue weighted by Gasteiger charge is -2.07. The summed E-state index contributed by atoms with van der Waals surface area (Å²) in [6.45, 7) is 0.301. The molecule has 94 valence electrons. The third-order valence-electron chi connectivity index (χ3n) is 2.83. The molecule has 0 saturated heterocycles. The van der Waals surface area contributed by atoms with Gasteiger partial charge < -0.3 is 10.2 Å². The number of nitrogens with two attached hydrogens (primary N) is 1. The van der Waals surface area contributed by atoms with Gasteiger partial charge in [0.2, 0.25) is 5.89 Å².